The highest BCUT2D eigenvalue weighted by molar-refractivity contribution is 14.1. The van der Waals surface area contributed by atoms with Crippen molar-refractivity contribution in [3.05, 3.63) is 68.8 Å². The van der Waals surface area contributed by atoms with Crippen LogP contribution in [0.5, 0.6) is 0 Å². The summed E-state index contributed by atoms with van der Waals surface area (Å²) in [5.74, 6) is 5.70. The second-order valence-corrected chi connectivity index (χ2v) is 5.26. The van der Waals surface area contributed by atoms with Crippen molar-refractivity contribution < 1.29 is 0 Å². The summed E-state index contributed by atoms with van der Waals surface area (Å²) in [6, 6.07) is 16.7. The van der Waals surface area contributed by atoms with Crippen molar-refractivity contribution in [3.8, 4) is 0 Å². The maximum atomic E-state index is 5.70. The number of aryl methyl sites for hydroxylation is 1. The molecule has 17 heavy (non-hydrogen) atoms. The van der Waals surface area contributed by atoms with E-state index in [0.717, 1.165) is 0 Å². The first-order chi connectivity index (χ1) is 8.22. The van der Waals surface area contributed by atoms with Crippen LogP contribution >= 0.6 is 22.6 Å². The van der Waals surface area contributed by atoms with Crippen LogP contribution < -0.4 is 11.3 Å². The molecule has 0 bridgehead atoms. The Morgan fingerprint density at radius 3 is 2.53 bits per heavy atom. The van der Waals surface area contributed by atoms with Crippen LogP contribution in [0.15, 0.2) is 48.5 Å². The molecule has 2 aromatic carbocycles. The molecule has 0 amide bonds. The highest BCUT2D eigenvalue weighted by Gasteiger charge is 2.13. The Kier molecular flexibility index (Phi) is 4.15. The predicted octanol–water partition coefficient (Wildman–Crippen LogP) is 3.15. The van der Waals surface area contributed by atoms with E-state index in [1.165, 1.54) is 20.3 Å². The van der Waals surface area contributed by atoms with Crippen LogP contribution in [0.2, 0.25) is 0 Å². The summed E-state index contributed by atoms with van der Waals surface area (Å²) in [5, 5.41) is 0. The van der Waals surface area contributed by atoms with Gasteiger partial charge in [0.1, 0.15) is 0 Å². The minimum Gasteiger partial charge on any atom is -0.271 e. The van der Waals surface area contributed by atoms with Crippen molar-refractivity contribution in [2.24, 2.45) is 5.84 Å². The van der Waals surface area contributed by atoms with Crippen LogP contribution in [0.4, 0.5) is 0 Å². The van der Waals surface area contributed by atoms with E-state index >= 15 is 0 Å². The number of hydrogen-bond acceptors (Lipinski definition) is 2. The average Bonchev–Trinajstić information content (AvgIpc) is 2.33. The first-order valence-corrected chi connectivity index (χ1v) is 6.57. The Labute approximate surface area is 115 Å². The maximum Gasteiger partial charge on any atom is 0.0713 e. The minimum atomic E-state index is 0.0471. The lowest BCUT2D eigenvalue weighted by molar-refractivity contribution is 0.633. The van der Waals surface area contributed by atoms with Gasteiger partial charge in [-0.05, 0) is 58.3 Å². The lowest BCUT2D eigenvalue weighted by Gasteiger charge is -2.19. The lowest BCUT2D eigenvalue weighted by Crippen LogP contribution is -2.29. The molecule has 0 aromatic heterocycles. The molecule has 2 rings (SSSR count). The summed E-state index contributed by atoms with van der Waals surface area (Å²) in [5.41, 5.74) is 6.55. The molecule has 0 heterocycles. The Balaban J connectivity index is 2.44. The Morgan fingerprint density at radius 2 is 1.88 bits per heavy atom. The van der Waals surface area contributed by atoms with E-state index in [1.807, 2.05) is 12.1 Å². The summed E-state index contributed by atoms with van der Waals surface area (Å²) < 4.78 is 1.22. The molecule has 0 aliphatic heterocycles. The highest BCUT2D eigenvalue weighted by atomic mass is 127. The molecule has 2 nitrogen and oxygen atoms in total. The molecule has 0 saturated carbocycles. The van der Waals surface area contributed by atoms with Gasteiger partial charge in [0.15, 0.2) is 0 Å². The molecule has 1 unspecified atom stereocenters. The van der Waals surface area contributed by atoms with Crippen molar-refractivity contribution in [1.29, 1.82) is 0 Å². The molecular weight excluding hydrogens is 323 g/mol. The minimum absolute atomic E-state index is 0.0471. The highest BCUT2D eigenvalue weighted by Crippen LogP contribution is 2.24. The van der Waals surface area contributed by atoms with Crippen LogP contribution in [-0.2, 0) is 0 Å². The zero-order valence-corrected chi connectivity index (χ0v) is 11.8. The number of hydrogen-bond donors (Lipinski definition) is 2. The number of nitrogens with one attached hydrogen (secondary N) is 1. The van der Waals surface area contributed by atoms with Crippen molar-refractivity contribution >= 4 is 22.6 Å². The zero-order chi connectivity index (χ0) is 12.3. The van der Waals surface area contributed by atoms with E-state index in [9.17, 15) is 0 Å². The lowest BCUT2D eigenvalue weighted by atomic mass is 9.96. The monoisotopic (exact) mass is 338 g/mol. The summed E-state index contributed by atoms with van der Waals surface area (Å²) >= 11 is 2.31. The standard InChI is InChI=1S/C14H15IN2/c1-10-5-2-3-8-13(10)14(17-16)11-6-4-7-12(15)9-11/h2-9,14,17H,16H2,1H3. The first-order valence-electron chi connectivity index (χ1n) is 5.49. The van der Waals surface area contributed by atoms with Gasteiger partial charge in [0.25, 0.3) is 0 Å². The quantitative estimate of drug-likeness (QED) is 0.513. The molecule has 1 atom stereocenters. The van der Waals surface area contributed by atoms with Crippen LogP contribution in [-0.4, -0.2) is 0 Å². The van der Waals surface area contributed by atoms with Gasteiger partial charge < -0.3 is 0 Å². The topological polar surface area (TPSA) is 38.0 Å². The van der Waals surface area contributed by atoms with Gasteiger partial charge in [0, 0.05) is 3.57 Å². The van der Waals surface area contributed by atoms with Crippen LogP contribution in [0.3, 0.4) is 0 Å². The summed E-state index contributed by atoms with van der Waals surface area (Å²) in [6.45, 7) is 2.10. The van der Waals surface area contributed by atoms with Crippen molar-refractivity contribution in [2.45, 2.75) is 13.0 Å². The molecule has 0 aliphatic carbocycles. The van der Waals surface area contributed by atoms with Gasteiger partial charge in [-0.1, -0.05) is 36.4 Å². The fourth-order valence-corrected chi connectivity index (χ4v) is 2.53. The van der Waals surface area contributed by atoms with Gasteiger partial charge in [0.2, 0.25) is 0 Å². The molecule has 3 N–H and O–H groups in total. The second kappa shape index (κ2) is 5.62. The third-order valence-electron chi connectivity index (χ3n) is 2.85. The third kappa shape index (κ3) is 2.86. The SMILES string of the molecule is Cc1ccccc1C(NN)c1cccc(I)c1. The first kappa shape index (κ1) is 12.5. The predicted molar refractivity (Wildman–Crippen MR) is 79.5 cm³/mol. The molecule has 0 fully saturated rings. The molecular formula is C14H15IN2. The molecule has 2 aromatic rings. The number of nitrogens with two attached hydrogens (primary N) is 1. The molecule has 0 spiro atoms. The average molecular weight is 338 g/mol. The van der Waals surface area contributed by atoms with Crippen LogP contribution in [0.25, 0.3) is 0 Å². The Morgan fingerprint density at radius 1 is 1.12 bits per heavy atom. The third-order valence-corrected chi connectivity index (χ3v) is 3.52. The van der Waals surface area contributed by atoms with Gasteiger partial charge >= 0.3 is 0 Å². The van der Waals surface area contributed by atoms with Crippen molar-refractivity contribution in [3.63, 3.8) is 0 Å². The number of benzene rings is 2. The van der Waals surface area contributed by atoms with Crippen molar-refractivity contribution in [2.75, 3.05) is 0 Å². The zero-order valence-electron chi connectivity index (χ0n) is 9.65. The summed E-state index contributed by atoms with van der Waals surface area (Å²) in [7, 11) is 0. The number of halogens is 1. The van der Waals surface area contributed by atoms with Crippen LogP contribution in [0, 0.1) is 10.5 Å². The van der Waals surface area contributed by atoms with Gasteiger partial charge in [0.05, 0.1) is 6.04 Å². The molecule has 0 aliphatic rings. The molecule has 3 heteroatoms. The molecule has 88 valence electrons. The smallest absolute Gasteiger partial charge is 0.0713 e. The van der Waals surface area contributed by atoms with E-state index in [1.54, 1.807) is 0 Å². The van der Waals surface area contributed by atoms with Gasteiger partial charge in [-0.25, -0.2) is 5.43 Å². The van der Waals surface area contributed by atoms with E-state index in [4.69, 9.17) is 5.84 Å². The fraction of sp³-hybridized carbons (Fsp3) is 0.143. The normalized spacial score (nSPS) is 12.4. The van der Waals surface area contributed by atoms with Crippen LogP contribution in [0.1, 0.15) is 22.7 Å². The largest absolute Gasteiger partial charge is 0.271 e. The van der Waals surface area contributed by atoms with Gasteiger partial charge in [-0.15, -0.1) is 0 Å². The second-order valence-electron chi connectivity index (χ2n) is 4.01. The van der Waals surface area contributed by atoms with Gasteiger partial charge in [-0.2, -0.15) is 0 Å². The maximum absolute atomic E-state index is 5.70. The molecule has 0 radical (unpaired) electrons. The van der Waals surface area contributed by atoms with E-state index in [0.29, 0.717) is 0 Å². The summed E-state index contributed by atoms with van der Waals surface area (Å²) in [4.78, 5) is 0. The van der Waals surface area contributed by atoms with E-state index in [-0.39, 0.29) is 6.04 Å². The van der Waals surface area contributed by atoms with E-state index < -0.39 is 0 Å². The number of rotatable bonds is 3. The number of hydrazine groups is 1. The van der Waals surface area contributed by atoms with Gasteiger partial charge in [-0.3, -0.25) is 5.84 Å². The van der Waals surface area contributed by atoms with E-state index in [2.05, 4.69) is 71.3 Å². The Bertz CT molecular complexity index is 511. The summed E-state index contributed by atoms with van der Waals surface area (Å²) in [6.07, 6.45) is 0. The fourth-order valence-electron chi connectivity index (χ4n) is 1.96. The Hall–Kier alpha value is -0.910. The van der Waals surface area contributed by atoms with Crippen molar-refractivity contribution in [1.82, 2.24) is 5.43 Å². The molecule has 0 saturated heterocycles.